The molecule has 2 aromatic carbocycles. The summed E-state index contributed by atoms with van der Waals surface area (Å²) in [7, 11) is -3.26. The second kappa shape index (κ2) is 12.2. The summed E-state index contributed by atoms with van der Waals surface area (Å²) in [6, 6.07) is 11.1. The van der Waals surface area contributed by atoms with Crippen molar-refractivity contribution in [3.63, 3.8) is 0 Å². The van der Waals surface area contributed by atoms with E-state index in [9.17, 15) is 18.3 Å². The minimum atomic E-state index is -3.26. The van der Waals surface area contributed by atoms with Crippen LogP contribution in [0.2, 0.25) is 0 Å². The fourth-order valence-electron chi connectivity index (χ4n) is 3.63. The van der Waals surface area contributed by atoms with E-state index in [1.165, 1.54) is 0 Å². The van der Waals surface area contributed by atoms with E-state index in [4.69, 9.17) is 4.74 Å². The maximum atomic E-state index is 11.7. The Hall–Kier alpha value is -2.33. The zero-order valence-electron chi connectivity index (χ0n) is 18.9. The SMILES string of the molecule is Cc1ccc(OCC(O)CNCCCc2ccc(NS(C)(=O)=O)cc2)c2c1NC(=O)CC2.Cl. The van der Waals surface area contributed by atoms with Crippen molar-refractivity contribution in [1.82, 2.24) is 5.32 Å². The number of ether oxygens (including phenoxy) is 1. The minimum absolute atomic E-state index is 0. The second-order valence-corrected chi connectivity index (χ2v) is 9.87. The van der Waals surface area contributed by atoms with Crippen LogP contribution < -0.4 is 20.1 Å². The topological polar surface area (TPSA) is 117 Å². The van der Waals surface area contributed by atoms with Crippen molar-refractivity contribution in [2.24, 2.45) is 0 Å². The van der Waals surface area contributed by atoms with E-state index < -0.39 is 16.1 Å². The number of hydrogen-bond donors (Lipinski definition) is 4. The molecule has 10 heteroatoms. The number of anilines is 2. The Morgan fingerprint density at radius 1 is 1.15 bits per heavy atom. The van der Waals surface area contributed by atoms with E-state index in [2.05, 4.69) is 15.4 Å². The Morgan fingerprint density at radius 3 is 2.58 bits per heavy atom. The quantitative estimate of drug-likeness (QED) is 0.355. The molecule has 2 aromatic rings. The Morgan fingerprint density at radius 2 is 1.88 bits per heavy atom. The van der Waals surface area contributed by atoms with Gasteiger partial charge >= 0.3 is 0 Å². The molecule has 1 atom stereocenters. The van der Waals surface area contributed by atoms with Crippen LogP contribution in [0.1, 0.15) is 29.5 Å². The lowest BCUT2D eigenvalue weighted by Gasteiger charge is -2.23. The Balaban J connectivity index is 0.00000385. The zero-order chi connectivity index (χ0) is 23.1. The van der Waals surface area contributed by atoms with Crippen LogP contribution in [0.5, 0.6) is 5.75 Å². The number of nitrogens with one attached hydrogen (secondary N) is 3. The molecule has 3 rings (SSSR count). The Bertz CT molecular complexity index is 1040. The van der Waals surface area contributed by atoms with Crippen LogP contribution >= 0.6 is 12.4 Å². The minimum Gasteiger partial charge on any atom is -0.490 e. The number of fused-ring (bicyclic) bond motifs is 1. The smallest absolute Gasteiger partial charge is 0.229 e. The molecule has 0 saturated carbocycles. The van der Waals surface area contributed by atoms with Crippen LogP contribution in [0.4, 0.5) is 11.4 Å². The standard InChI is InChI=1S/C23H31N3O5S.ClH/c1-16-5-11-21(20-10-12-22(28)25-23(16)20)31-15-19(27)14-24-13-3-4-17-6-8-18(9-7-17)26-32(2,29)30;/h5-9,11,19,24,26-27H,3-4,10,12-15H2,1-2H3,(H,25,28);1H. The highest BCUT2D eigenvalue weighted by Crippen LogP contribution is 2.34. The third-order valence-electron chi connectivity index (χ3n) is 5.23. The van der Waals surface area contributed by atoms with Crippen molar-refractivity contribution in [1.29, 1.82) is 0 Å². The highest BCUT2D eigenvalue weighted by atomic mass is 35.5. The van der Waals surface area contributed by atoms with Crippen molar-refractivity contribution in [3.8, 4) is 5.75 Å². The summed E-state index contributed by atoms with van der Waals surface area (Å²) in [4.78, 5) is 11.7. The predicted molar refractivity (Wildman–Crippen MR) is 133 cm³/mol. The zero-order valence-corrected chi connectivity index (χ0v) is 20.5. The number of amides is 1. The molecule has 0 radical (unpaired) electrons. The van der Waals surface area contributed by atoms with Gasteiger partial charge in [-0.3, -0.25) is 9.52 Å². The van der Waals surface area contributed by atoms with Gasteiger partial charge in [0.2, 0.25) is 15.9 Å². The molecule has 33 heavy (non-hydrogen) atoms. The first kappa shape index (κ1) is 26.9. The third-order valence-corrected chi connectivity index (χ3v) is 5.84. The number of halogens is 1. The van der Waals surface area contributed by atoms with Gasteiger partial charge in [0.15, 0.2) is 0 Å². The number of sulfonamides is 1. The molecule has 1 heterocycles. The van der Waals surface area contributed by atoms with Crippen LogP contribution in [0.25, 0.3) is 0 Å². The molecule has 1 amide bonds. The number of carbonyl (C=O) groups is 1. The van der Waals surface area contributed by atoms with Gasteiger partial charge in [-0.05, 0) is 62.1 Å². The summed E-state index contributed by atoms with van der Waals surface area (Å²) in [6.45, 7) is 3.29. The summed E-state index contributed by atoms with van der Waals surface area (Å²) in [5.74, 6) is 0.724. The van der Waals surface area contributed by atoms with Gasteiger partial charge in [0.25, 0.3) is 0 Å². The maximum absolute atomic E-state index is 11.7. The fraction of sp³-hybridized carbons (Fsp3) is 0.435. The number of benzene rings is 2. The lowest BCUT2D eigenvalue weighted by Crippen LogP contribution is -2.32. The largest absolute Gasteiger partial charge is 0.490 e. The van der Waals surface area contributed by atoms with E-state index in [1.807, 2.05) is 31.2 Å². The fourth-order valence-corrected chi connectivity index (χ4v) is 4.19. The molecule has 0 aliphatic carbocycles. The van der Waals surface area contributed by atoms with Gasteiger partial charge in [-0.25, -0.2) is 8.42 Å². The van der Waals surface area contributed by atoms with E-state index in [-0.39, 0.29) is 24.9 Å². The van der Waals surface area contributed by atoms with Gasteiger partial charge in [-0.15, -0.1) is 12.4 Å². The molecular weight excluding hydrogens is 466 g/mol. The summed E-state index contributed by atoms with van der Waals surface area (Å²) >= 11 is 0. The van der Waals surface area contributed by atoms with Crippen LogP contribution in [0.15, 0.2) is 36.4 Å². The van der Waals surface area contributed by atoms with E-state index >= 15 is 0 Å². The van der Waals surface area contributed by atoms with Crippen LogP contribution in [-0.4, -0.2) is 51.5 Å². The van der Waals surface area contributed by atoms with E-state index in [1.54, 1.807) is 12.1 Å². The van der Waals surface area contributed by atoms with Crippen LogP contribution in [-0.2, 0) is 27.7 Å². The van der Waals surface area contributed by atoms with Gasteiger partial charge in [0.05, 0.1) is 11.9 Å². The molecule has 0 spiro atoms. The molecule has 1 aliphatic heterocycles. The maximum Gasteiger partial charge on any atom is 0.229 e. The number of aryl methyl sites for hydroxylation is 2. The van der Waals surface area contributed by atoms with Gasteiger partial charge in [-0.2, -0.15) is 0 Å². The number of aliphatic hydroxyl groups excluding tert-OH is 1. The van der Waals surface area contributed by atoms with Crippen LogP contribution in [0.3, 0.4) is 0 Å². The molecule has 4 N–H and O–H groups in total. The summed E-state index contributed by atoms with van der Waals surface area (Å²) < 4.78 is 30.8. The summed E-state index contributed by atoms with van der Waals surface area (Å²) in [5.41, 5.74) is 4.48. The summed E-state index contributed by atoms with van der Waals surface area (Å²) in [6.07, 6.45) is 3.29. The molecule has 8 nitrogen and oxygen atoms in total. The van der Waals surface area contributed by atoms with Gasteiger partial charge in [0.1, 0.15) is 18.5 Å². The van der Waals surface area contributed by atoms with Gasteiger partial charge < -0.3 is 20.5 Å². The normalized spacial score (nSPS) is 14.0. The van der Waals surface area contributed by atoms with Gasteiger partial charge in [0, 0.05) is 24.2 Å². The highest BCUT2D eigenvalue weighted by Gasteiger charge is 2.20. The number of hydrogen-bond acceptors (Lipinski definition) is 6. The average Bonchev–Trinajstić information content (AvgIpc) is 2.73. The predicted octanol–water partition coefficient (Wildman–Crippen LogP) is 2.64. The number of rotatable bonds is 11. The molecule has 0 bridgehead atoms. The average molecular weight is 498 g/mol. The number of carbonyl (C=O) groups excluding carboxylic acids is 1. The van der Waals surface area contributed by atoms with E-state index in [0.717, 1.165) is 48.0 Å². The lowest BCUT2D eigenvalue weighted by molar-refractivity contribution is -0.116. The molecule has 1 aliphatic rings. The first-order chi connectivity index (χ1) is 15.2. The molecule has 1 unspecified atom stereocenters. The van der Waals surface area contributed by atoms with Crippen LogP contribution in [0, 0.1) is 6.92 Å². The molecule has 182 valence electrons. The Kier molecular flexibility index (Phi) is 9.97. The van der Waals surface area contributed by atoms with Crippen molar-refractivity contribution in [2.45, 2.75) is 38.7 Å². The monoisotopic (exact) mass is 497 g/mol. The number of aliphatic hydroxyl groups is 1. The molecule has 0 aromatic heterocycles. The first-order valence-corrected chi connectivity index (χ1v) is 12.6. The van der Waals surface area contributed by atoms with Crippen molar-refractivity contribution < 1.29 is 23.1 Å². The van der Waals surface area contributed by atoms with Crippen molar-refractivity contribution >= 4 is 39.7 Å². The van der Waals surface area contributed by atoms with Gasteiger partial charge in [-0.1, -0.05) is 18.2 Å². The molecule has 0 saturated heterocycles. The third kappa shape index (κ3) is 8.51. The van der Waals surface area contributed by atoms with Crippen molar-refractivity contribution in [2.75, 3.05) is 36.0 Å². The highest BCUT2D eigenvalue weighted by molar-refractivity contribution is 7.92. The molecular formula is C23H32ClN3O5S. The van der Waals surface area contributed by atoms with E-state index in [0.29, 0.717) is 30.8 Å². The Labute approximate surface area is 201 Å². The molecule has 0 fully saturated rings. The lowest BCUT2D eigenvalue weighted by atomic mass is 9.98. The second-order valence-electron chi connectivity index (χ2n) is 8.13. The summed E-state index contributed by atoms with van der Waals surface area (Å²) in [5, 5.41) is 16.4. The first-order valence-electron chi connectivity index (χ1n) is 10.7. The van der Waals surface area contributed by atoms with Crippen molar-refractivity contribution in [3.05, 3.63) is 53.1 Å².